The second kappa shape index (κ2) is 4.76. The summed E-state index contributed by atoms with van der Waals surface area (Å²) in [5.41, 5.74) is 1.50. The number of anilines is 1. The van der Waals surface area contributed by atoms with E-state index in [-0.39, 0.29) is 5.54 Å². The molecule has 1 aromatic carbocycles. The molecule has 1 aliphatic rings. The van der Waals surface area contributed by atoms with Crippen molar-refractivity contribution in [2.45, 2.75) is 25.8 Å². The van der Waals surface area contributed by atoms with Gasteiger partial charge in [-0.3, -0.25) is 0 Å². The summed E-state index contributed by atoms with van der Waals surface area (Å²) in [7, 11) is 0. The molecule has 0 spiro atoms. The van der Waals surface area contributed by atoms with E-state index < -0.39 is 0 Å². The van der Waals surface area contributed by atoms with Crippen molar-refractivity contribution in [3.05, 3.63) is 28.7 Å². The molecule has 1 fully saturated rings. The van der Waals surface area contributed by atoms with E-state index in [2.05, 4.69) is 64.3 Å². The van der Waals surface area contributed by atoms with Crippen LogP contribution in [-0.2, 0) is 0 Å². The lowest BCUT2D eigenvalue weighted by molar-refractivity contribution is 0.462. The van der Waals surface area contributed by atoms with Crippen LogP contribution in [-0.4, -0.2) is 25.2 Å². The van der Waals surface area contributed by atoms with E-state index >= 15 is 0 Å². The monoisotopic (exact) mass is 282 g/mol. The smallest absolute Gasteiger partial charge is 0.0470 e. The molecular formula is C13H19BrN2. The lowest BCUT2D eigenvalue weighted by atomic mass is 10.0. The minimum Gasteiger partial charge on any atom is -0.365 e. The van der Waals surface area contributed by atoms with Crippen LogP contribution < -0.4 is 10.2 Å². The second-order valence-corrected chi connectivity index (χ2v) is 5.89. The van der Waals surface area contributed by atoms with Gasteiger partial charge in [-0.25, -0.2) is 0 Å². The Labute approximate surface area is 106 Å². The van der Waals surface area contributed by atoms with Crippen molar-refractivity contribution in [3.8, 4) is 0 Å². The Morgan fingerprint density at radius 2 is 1.94 bits per heavy atom. The molecule has 0 saturated carbocycles. The van der Waals surface area contributed by atoms with Crippen molar-refractivity contribution in [3.63, 3.8) is 0 Å². The van der Waals surface area contributed by atoms with Gasteiger partial charge < -0.3 is 10.2 Å². The van der Waals surface area contributed by atoms with Crippen LogP contribution in [0.15, 0.2) is 28.7 Å². The fourth-order valence-electron chi connectivity index (χ4n) is 2.25. The van der Waals surface area contributed by atoms with E-state index in [1.54, 1.807) is 0 Å². The van der Waals surface area contributed by atoms with Gasteiger partial charge in [0.05, 0.1) is 0 Å². The van der Waals surface area contributed by atoms with Gasteiger partial charge in [0.2, 0.25) is 0 Å². The topological polar surface area (TPSA) is 15.3 Å². The van der Waals surface area contributed by atoms with Crippen molar-refractivity contribution >= 4 is 21.6 Å². The second-order valence-electron chi connectivity index (χ2n) is 4.97. The summed E-state index contributed by atoms with van der Waals surface area (Å²) in [6.07, 6.45) is 1.21. The third kappa shape index (κ3) is 2.58. The van der Waals surface area contributed by atoms with E-state index in [0.29, 0.717) is 0 Å². The molecule has 0 radical (unpaired) electrons. The molecular weight excluding hydrogens is 264 g/mol. The van der Waals surface area contributed by atoms with Crippen LogP contribution in [0.25, 0.3) is 0 Å². The molecule has 0 unspecified atom stereocenters. The quantitative estimate of drug-likeness (QED) is 0.852. The van der Waals surface area contributed by atoms with Crippen molar-refractivity contribution in [1.82, 2.24) is 5.32 Å². The maximum absolute atomic E-state index is 3.50. The number of nitrogens with one attached hydrogen (secondary N) is 1. The molecule has 3 heteroatoms. The highest BCUT2D eigenvalue weighted by molar-refractivity contribution is 9.10. The molecule has 88 valence electrons. The average molecular weight is 283 g/mol. The molecule has 0 amide bonds. The van der Waals surface area contributed by atoms with Crippen LogP contribution in [0.5, 0.6) is 0 Å². The van der Waals surface area contributed by atoms with Crippen LogP contribution in [0.1, 0.15) is 20.3 Å². The molecule has 2 rings (SSSR count). The fraction of sp³-hybridized carbons (Fsp3) is 0.538. The molecule has 1 heterocycles. The van der Waals surface area contributed by atoms with Crippen LogP contribution in [0.3, 0.4) is 0 Å². The van der Waals surface area contributed by atoms with E-state index in [1.165, 1.54) is 12.1 Å². The van der Waals surface area contributed by atoms with E-state index in [1.807, 2.05) is 0 Å². The number of rotatable bonds is 1. The Morgan fingerprint density at radius 3 is 2.62 bits per heavy atom. The number of hydrogen-bond acceptors (Lipinski definition) is 2. The molecule has 16 heavy (non-hydrogen) atoms. The Hall–Kier alpha value is -0.540. The summed E-state index contributed by atoms with van der Waals surface area (Å²) < 4.78 is 1.14. The minimum atomic E-state index is 0.185. The highest BCUT2D eigenvalue weighted by atomic mass is 79.9. The summed E-state index contributed by atoms with van der Waals surface area (Å²) in [5, 5.41) is 3.50. The van der Waals surface area contributed by atoms with Crippen LogP contribution in [0.4, 0.5) is 5.69 Å². The Kier molecular flexibility index (Phi) is 3.55. The fourth-order valence-corrected chi connectivity index (χ4v) is 2.52. The molecule has 1 N–H and O–H groups in total. The summed E-state index contributed by atoms with van der Waals surface area (Å²) in [5.74, 6) is 0. The molecule has 0 aromatic heterocycles. The number of halogens is 1. The van der Waals surface area contributed by atoms with Gasteiger partial charge in [0, 0.05) is 28.8 Å². The number of hydrogen-bond donors (Lipinski definition) is 1. The highest BCUT2D eigenvalue weighted by Gasteiger charge is 2.28. The van der Waals surface area contributed by atoms with Crippen LogP contribution in [0, 0.1) is 0 Å². The third-order valence-corrected chi connectivity index (χ3v) is 3.69. The first-order valence-corrected chi connectivity index (χ1v) is 6.63. The van der Waals surface area contributed by atoms with Gasteiger partial charge in [-0.15, -0.1) is 0 Å². The van der Waals surface area contributed by atoms with Gasteiger partial charge >= 0.3 is 0 Å². The summed E-state index contributed by atoms with van der Waals surface area (Å²) in [6, 6.07) is 8.61. The van der Waals surface area contributed by atoms with Gasteiger partial charge in [-0.1, -0.05) is 15.9 Å². The first kappa shape index (κ1) is 11.9. The Balaban J connectivity index is 2.26. The van der Waals surface area contributed by atoms with Gasteiger partial charge in [-0.05, 0) is 51.1 Å². The number of nitrogens with zero attached hydrogens (tertiary/aromatic N) is 1. The maximum atomic E-state index is 3.50. The summed E-state index contributed by atoms with van der Waals surface area (Å²) >= 11 is 3.48. The molecule has 1 aliphatic heterocycles. The largest absolute Gasteiger partial charge is 0.365 e. The minimum absolute atomic E-state index is 0.185. The lowest BCUT2D eigenvalue weighted by Crippen LogP contribution is -2.48. The normalized spacial score (nSPS) is 20.6. The SMILES string of the molecule is CC1(C)CNCCCN1c1ccc(Br)cc1. The Bertz CT molecular complexity index is 345. The summed E-state index contributed by atoms with van der Waals surface area (Å²) in [6.45, 7) is 7.89. The zero-order valence-corrected chi connectivity index (χ0v) is 11.5. The van der Waals surface area contributed by atoms with Crippen LogP contribution in [0.2, 0.25) is 0 Å². The predicted molar refractivity (Wildman–Crippen MR) is 73.1 cm³/mol. The van der Waals surface area contributed by atoms with Gasteiger partial charge in [0.15, 0.2) is 0 Å². The predicted octanol–water partition coefficient (Wildman–Crippen LogP) is 3.03. The van der Waals surface area contributed by atoms with Crippen LogP contribution >= 0.6 is 15.9 Å². The van der Waals surface area contributed by atoms with Gasteiger partial charge in [0.1, 0.15) is 0 Å². The van der Waals surface area contributed by atoms with E-state index in [9.17, 15) is 0 Å². The first-order chi connectivity index (χ1) is 7.59. The molecule has 0 atom stereocenters. The third-order valence-electron chi connectivity index (χ3n) is 3.16. The average Bonchev–Trinajstić information content (AvgIpc) is 2.41. The Morgan fingerprint density at radius 1 is 1.25 bits per heavy atom. The molecule has 1 aromatic rings. The molecule has 1 saturated heterocycles. The van der Waals surface area contributed by atoms with Gasteiger partial charge in [-0.2, -0.15) is 0 Å². The van der Waals surface area contributed by atoms with E-state index in [0.717, 1.165) is 24.1 Å². The molecule has 2 nitrogen and oxygen atoms in total. The highest BCUT2D eigenvalue weighted by Crippen LogP contribution is 2.26. The first-order valence-electron chi connectivity index (χ1n) is 5.83. The van der Waals surface area contributed by atoms with E-state index in [4.69, 9.17) is 0 Å². The molecule has 0 bridgehead atoms. The van der Waals surface area contributed by atoms with Crippen molar-refractivity contribution in [1.29, 1.82) is 0 Å². The lowest BCUT2D eigenvalue weighted by Gasteiger charge is -2.39. The maximum Gasteiger partial charge on any atom is 0.0470 e. The zero-order valence-electron chi connectivity index (χ0n) is 9.96. The van der Waals surface area contributed by atoms with Crippen molar-refractivity contribution in [2.24, 2.45) is 0 Å². The molecule has 0 aliphatic carbocycles. The zero-order chi connectivity index (χ0) is 11.6. The van der Waals surface area contributed by atoms with Crippen molar-refractivity contribution in [2.75, 3.05) is 24.5 Å². The number of benzene rings is 1. The van der Waals surface area contributed by atoms with Crippen molar-refractivity contribution < 1.29 is 0 Å². The summed E-state index contributed by atoms with van der Waals surface area (Å²) in [4.78, 5) is 2.50. The van der Waals surface area contributed by atoms with Gasteiger partial charge in [0.25, 0.3) is 0 Å². The standard InChI is InChI=1S/C13H19BrN2/c1-13(2)10-15-8-3-9-16(13)12-6-4-11(14)5-7-12/h4-7,15H,3,8-10H2,1-2H3.